The summed E-state index contributed by atoms with van der Waals surface area (Å²) in [6, 6.07) is 6.87. The van der Waals surface area contributed by atoms with Crippen molar-refractivity contribution >= 4 is 27.4 Å². The molecule has 0 radical (unpaired) electrons. The summed E-state index contributed by atoms with van der Waals surface area (Å²) >= 11 is 0. The van der Waals surface area contributed by atoms with Crippen molar-refractivity contribution in [1.29, 1.82) is 0 Å². The van der Waals surface area contributed by atoms with Gasteiger partial charge in [-0.1, -0.05) is 18.2 Å². The number of nitrogens with one attached hydrogen (secondary N) is 1. The van der Waals surface area contributed by atoms with Gasteiger partial charge in [-0.15, -0.1) is 0 Å². The second-order valence-electron chi connectivity index (χ2n) is 3.74. The number of carbonyl (C=O) groups is 1. The Morgan fingerprint density at radius 2 is 1.83 bits per heavy atom. The molecular weight excluding hydrogens is 256 g/mol. The summed E-state index contributed by atoms with van der Waals surface area (Å²) in [5, 5.41) is 0.505. The third-order valence-corrected chi connectivity index (χ3v) is 2.93. The van der Waals surface area contributed by atoms with E-state index in [9.17, 15) is 13.2 Å². The fourth-order valence-corrected chi connectivity index (χ4v) is 1.92. The van der Waals surface area contributed by atoms with Crippen LogP contribution in [0.3, 0.4) is 0 Å². The molecule has 0 spiro atoms. The summed E-state index contributed by atoms with van der Waals surface area (Å²) in [5.74, 6) is 0. The Balaban J connectivity index is 0.000000280. The van der Waals surface area contributed by atoms with Crippen LogP contribution in [0.15, 0.2) is 35.4 Å². The van der Waals surface area contributed by atoms with Crippen molar-refractivity contribution in [3.05, 3.63) is 30.5 Å². The Morgan fingerprint density at radius 1 is 1.28 bits per heavy atom. The number of amides is 1. The SMILES string of the molecule is CN(C)C=O.O=S(=O)(O)c1c[nH]c2ccccc12. The van der Waals surface area contributed by atoms with Crippen LogP contribution >= 0.6 is 0 Å². The third-order valence-electron chi connectivity index (χ3n) is 2.04. The Labute approximate surface area is 105 Å². The largest absolute Gasteiger partial charge is 0.360 e. The molecule has 0 aliphatic heterocycles. The summed E-state index contributed by atoms with van der Waals surface area (Å²) in [5.41, 5.74) is 0.690. The second kappa shape index (κ2) is 5.65. The summed E-state index contributed by atoms with van der Waals surface area (Å²) in [6.07, 6.45) is 2.03. The smallest absolute Gasteiger partial charge is 0.296 e. The first kappa shape index (κ1) is 14.2. The molecule has 0 saturated carbocycles. The number of fused-ring (bicyclic) bond motifs is 1. The van der Waals surface area contributed by atoms with Gasteiger partial charge in [0.15, 0.2) is 0 Å². The van der Waals surface area contributed by atoms with Crippen molar-refractivity contribution in [2.24, 2.45) is 0 Å². The molecular formula is C11H14N2O4S. The lowest BCUT2D eigenvalue weighted by atomic mass is 10.2. The van der Waals surface area contributed by atoms with E-state index in [1.165, 1.54) is 11.1 Å². The van der Waals surface area contributed by atoms with Gasteiger partial charge in [-0.05, 0) is 6.07 Å². The Hall–Kier alpha value is -1.86. The summed E-state index contributed by atoms with van der Waals surface area (Å²) in [4.78, 5) is 13.6. The molecule has 0 unspecified atom stereocenters. The van der Waals surface area contributed by atoms with Gasteiger partial charge in [-0.3, -0.25) is 9.35 Å². The van der Waals surface area contributed by atoms with Gasteiger partial charge in [0.25, 0.3) is 10.1 Å². The van der Waals surface area contributed by atoms with Crippen LogP contribution in [0.2, 0.25) is 0 Å². The summed E-state index contributed by atoms with van der Waals surface area (Å²) < 4.78 is 30.5. The van der Waals surface area contributed by atoms with Crippen molar-refractivity contribution in [3.63, 3.8) is 0 Å². The van der Waals surface area contributed by atoms with Gasteiger partial charge in [0.2, 0.25) is 6.41 Å². The van der Waals surface area contributed by atoms with E-state index < -0.39 is 10.1 Å². The van der Waals surface area contributed by atoms with Crippen LogP contribution in [-0.4, -0.2) is 43.4 Å². The topological polar surface area (TPSA) is 90.5 Å². The van der Waals surface area contributed by atoms with E-state index in [1.807, 2.05) is 0 Å². The van der Waals surface area contributed by atoms with Crippen molar-refractivity contribution in [2.75, 3.05) is 14.1 Å². The zero-order chi connectivity index (χ0) is 13.8. The monoisotopic (exact) mass is 270 g/mol. The number of hydrogen-bond acceptors (Lipinski definition) is 3. The highest BCUT2D eigenvalue weighted by molar-refractivity contribution is 7.86. The highest BCUT2D eigenvalue weighted by Crippen LogP contribution is 2.21. The quantitative estimate of drug-likeness (QED) is 0.632. The zero-order valence-corrected chi connectivity index (χ0v) is 10.8. The Bertz CT molecular complexity index is 631. The average molecular weight is 270 g/mol. The standard InChI is InChI=1S/C8H7NO3S.C3H7NO/c10-13(11,12)8-5-9-7-4-2-1-3-6(7)8;1-4(2)3-5/h1-5,9H,(H,10,11,12);3H,1-2H3. The number of rotatable bonds is 2. The molecule has 0 aliphatic carbocycles. The van der Waals surface area contributed by atoms with Crippen LogP contribution < -0.4 is 0 Å². The highest BCUT2D eigenvalue weighted by atomic mass is 32.2. The second-order valence-corrected chi connectivity index (χ2v) is 5.13. The van der Waals surface area contributed by atoms with Crippen LogP contribution in [-0.2, 0) is 14.9 Å². The molecule has 18 heavy (non-hydrogen) atoms. The predicted molar refractivity (Wildman–Crippen MR) is 67.9 cm³/mol. The lowest BCUT2D eigenvalue weighted by molar-refractivity contribution is -0.115. The van der Waals surface area contributed by atoms with E-state index in [-0.39, 0.29) is 4.90 Å². The van der Waals surface area contributed by atoms with Crippen molar-refractivity contribution in [1.82, 2.24) is 9.88 Å². The maximum absolute atomic E-state index is 10.8. The lowest BCUT2D eigenvalue weighted by Crippen LogP contribution is -2.06. The maximum Gasteiger partial charge on any atom is 0.296 e. The van der Waals surface area contributed by atoms with Crippen LogP contribution in [0.25, 0.3) is 10.9 Å². The van der Waals surface area contributed by atoms with Crippen LogP contribution in [0.4, 0.5) is 0 Å². The first-order valence-corrected chi connectivity index (χ1v) is 6.45. The predicted octanol–water partition coefficient (Wildman–Crippen LogP) is 1.12. The minimum atomic E-state index is -4.12. The van der Waals surface area contributed by atoms with Crippen molar-refractivity contribution in [2.45, 2.75) is 4.90 Å². The summed E-state index contributed by atoms with van der Waals surface area (Å²) in [6.45, 7) is 0. The molecule has 1 aromatic heterocycles. The molecule has 7 heteroatoms. The van der Waals surface area contributed by atoms with Crippen LogP contribution in [0, 0.1) is 0 Å². The van der Waals surface area contributed by atoms with Gasteiger partial charge < -0.3 is 9.88 Å². The number of carbonyl (C=O) groups excluding carboxylic acids is 1. The molecule has 98 valence electrons. The number of aromatic amines is 1. The van der Waals surface area contributed by atoms with E-state index >= 15 is 0 Å². The van der Waals surface area contributed by atoms with E-state index in [1.54, 1.807) is 38.4 Å². The molecule has 1 heterocycles. The fourth-order valence-electron chi connectivity index (χ4n) is 1.26. The van der Waals surface area contributed by atoms with Crippen molar-refractivity contribution < 1.29 is 17.8 Å². The summed E-state index contributed by atoms with van der Waals surface area (Å²) in [7, 11) is -0.742. The fraction of sp³-hybridized carbons (Fsp3) is 0.182. The van der Waals surface area contributed by atoms with Gasteiger partial charge >= 0.3 is 0 Å². The van der Waals surface area contributed by atoms with Gasteiger partial charge in [0, 0.05) is 31.2 Å². The Morgan fingerprint density at radius 3 is 2.33 bits per heavy atom. The van der Waals surface area contributed by atoms with Gasteiger partial charge in [-0.25, -0.2) is 0 Å². The van der Waals surface area contributed by atoms with E-state index in [0.29, 0.717) is 10.9 Å². The van der Waals surface area contributed by atoms with Gasteiger partial charge in [-0.2, -0.15) is 8.42 Å². The first-order chi connectivity index (χ1) is 8.36. The molecule has 6 nitrogen and oxygen atoms in total. The molecule has 2 rings (SSSR count). The van der Waals surface area contributed by atoms with Gasteiger partial charge in [0.05, 0.1) is 0 Å². The molecule has 2 N–H and O–H groups in total. The number of nitrogens with zero attached hydrogens (tertiary/aromatic N) is 1. The minimum absolute atomic E-state index is 0.0805. The molecule has 0 aliphatic rings. The first-order valence-electron chi connectivity index (χ1n) is 5.01. The molecule has 0 atom stereocenters. The number of hydrogen-bond donors (Lipinski definition) is 2. The van der Waals surface area contributed by atoms with Crippen LogP contribution in [0.1, 0.15) is 0 Å². The van der Waals surface area contributed by atoms with E-state index in [2.05, 4.69) is 4.98 Å². The average Bonchev–Trinajstić information content (AvgIpc) is 2.73. The van der Waals surface area contributed by atoms with E-state index in [4.69, 9.17) is 4.55 Å². The minimum Gasteiger partial charge on any atom is -0.360 e. The maximum atomic E-state index is 10.8. The lowest BCUT2D eigenvalue weighted by Gasteiger charge is -1.93. The van der Waals surface area contributed by atoms with Gasteiger partial charge in [0.1, 0.15) is 4.90 Å². The molecule has 1 aromatic carbocycles. The zero-order valence-electron chi connectivity index (χ0n) is 9.99. The molecule has 0 bridgehead atoms. The molecule has 0 saturated heterocycles. The Kier molecular flexibility index (Phi) is 4.46. The normalized spacial score (nSPS) is 10.6. The molecule has 0 fully saturated rings. The molecule has 2 aromatic rings. The molecule has 1 amide bonds. The van der Waals surface area contributed by atoms with Crippen molar-refractivity contribution in [3.8, 4) is 0 Å². The highest BCUT2D eigenvalue weighted by Gasteiger charge is 2.14. The van der Waals surface area contributed by atoms with E-state index in [0.717, 1.165) is 6.41 Å². The third kappa shape index (κ3) is 3.57. The number of para-hydroxylation sites is 1. The number of aromatic nitrogens is 1. The van der Waals surface area contributed by atoms with Crippen LogP contribution in [0.5, 0.6) is 0 Å². The number of H-pyrrole nitrogens is 1. The number of benzene rings is 1.